The van der Waals surface area contributed by atoms with Gasteiger partial charge in [0, 0.05) is 6.20 Å². The largest absolute Gasteiger partial charge is 0.393 e. The van der Waals surface area contributed by atoms with Crippen LogP contribution in [0.2, 0.25) is 0 Å². The Balaban J connectivity index is 2.00. The number of primary amides is 1. The molecule has 0 spiro atoms. The van der Waals surface area contributed by atoms with Crippen LogP contribution >= 0.6 is 0 Å². The van der Waals surface area contributed by atoms with Crippen LogP contribution in [0.25, 0.3) is 0 Å². The molecule has 2 unspecified atom stereocenters. The van der Waals surface area contributed by atoms with Gasteiger partial charge in [-0.05, 0) is 31.9 Å². The Morgan fingerprint density at radius 2 is 2.42 bits per heavy atom. The van der Waals surface area contributed by atoms with Gasteiger partial charge in [-0.3, -0.25) is 14.6 Å². The number of nitrogens with two attached hydrogens (primary N) is 1. The maximum Gasteiger partial charge on any atom is 0.267 e. The second kappa shape index (κ2) is 5.33. The third-order valence-corrected chi connectivity index (χ3v) is 2.93. The number of hydrogen-bond donors (Lipinski definition) is 3. The zero-order valence-electron chi connectivity index (χ0n) is 10.5. The van der Waals surface area contributed by atoms with E-state index in [2.05, 4.69) is 10.4 Å². The van der Waals surface area contributed by atoms with Crippen molar-refractivity contribution in [2.45, 2.75) is 31.9 Å². The van der Waals surface area contributed by atoms with E-state index >= 15 is 0 Å². The number of aromatic nitrogens is 1. The lowest BCUT2D eigenvalue weighted by Crippen LogP contribution is -2.67. The quantitative estimate of drug-likeness (QED) is 0.668. The van der Waals surface area contributed by atoms with Gasteiger partial charge in [-0.2, -0.15) is 0 Å². The number of pyridine rings is 1. The number of nitrogens with one attached hydrogen (secondary N) is 1. The molecule has 0 bridgehead atoms. The van der Waals surface area contributed by atoms with Gasteiger partial charge in [0.1, 0.15) is 11.7 Å². The van der Waals surface area contributed by atoms with E-state index in [1.807, 2.05) is 0 Å². The number of anilines is 1. The Morgan fingerprint density at radius 1 is 1.68 bits per heavy atom. The number of aliphatic hydroxyl groups is 1. The van der Waals surface area contributed by atoms with Crippen LogP contribution in [0, 0.1) is 0 Å². The fourth-order valence-corrected chi connectivity index (χ4v) is 1.86. The first-order chi connectivity index (χ1) is 8.99. The van der Waals surface area contributed by atoms with Crippen molar-refractivity contribution >= 4 is 17.5 Å². The zero-order valence-corrected chi connectivity index (χ0v) is 10.5. The van der Waals surface area contributed by atoms with Gasteiger partial charge in [0.15, 0.2) is 0 Å². The summed E-state index contributed by atoms with van der Waals surface area (Å²) in [6.07, 6.45) is 2.13. The molecule has 0 aliphatic carbocycles. The summed E-state index contributed by atoms with van der Waals surface area (Å²) in [5.74, 6) is -0.734. The van der Waals surface area contributed by atoms with Gasteiger partial charge in [-0.1, -0.05) is 0 Å². The molecule has 1 aromatic rings. The molecule has 102 valence electrons. The van der Waals surface area contributed by atoms with Crippen molar-refractivity contribution in [3.63, 3.8) is 0 Å². The lowest BCUT2D eigenvalue weighted by Gasteiger charge is -2.39. The molecular formula is C12H16N4O3. The molecule has 2 heterocycles. The molecule has 2 amide bonds. The van der Waals surface area contributed by atoms with Gasteiger partial charge in [-0.25, -0.2) is 10.4 Å². The van der Waals surface area contributed by atoms with Crippen molar-refractivity contribution in [1.29, 1.82) is 0 Å². The Labute approximate surface area is 110 Å². The minimum absolute atomic E-state index is 0.0951. The minimum Gasteiger partial charge on any atom is -0.393 e. The number of nitrogens with zero attached hydrogens (tertiary/aromatic N) is 2. The van der Waals surface area contributed by atoms with Crippen LogP contribution in [0.5, 0.6) is 0 Å². The molecular weight excluding hydrogens is 248 g/mol. The van der Waals surface area contributed by atoms with Crippen LogP contribution in [-0.2, 0) is 4.79 Å². The summed E-state index contributed by atoms with van der Waals surface area (Å²) in [6, 6.07) is 2.78. The number of carbonyl (C=O) groups is 2. The fraction of sp³-hybridized carbons (Fsp3) is 0.417. The number of amides is 2. The Kier molecular flexibility index (Phi) is 3.77. The number of hydrogen-bond acceptors (Lipinski definition) is 5. The molecule has 1 aromatic heterocycles. The van der Waals surface area contributed by atoms with Gasteiger partial charge >= 0.3 is 0 Å². The highest BCUT2D eigenvalue weighted by Crippen LogP contribution is 2.21. The first kappa shape index (κ1) is 13.4. The second-order valence-corrected chi connectivity index (χ2v) is 4.55. The maximum absolute atomic E-state index is 11.9. The summed E-state index contributed by atoms with van der Waals surface area (Å²) >= 11 is 0. The smallest absolute Gasteiger partial charge is 0.267 e. The van der Waals surface area contributed by atoms with Crippen molar-refractivity contribution in [3.05, 3.63) is 24.0 Å². The van der Waals surface area contributed by atoms with Gasteiger partial charge in [0.05, 0.1) is 11.8 Å². The van der Waals surface area contributed by atoms with Gasteiger partial charge in [0.25, 0.3) is 11.8 Å². The highest BCUT2D eigenvalue weighted by molar-refractivity contribution is 6.02. The monoisotopic (exact) mass is 264 g/mol. The van der Waals surface area contributed by atoms with E-state index < -0.39 is 12.0 Å². The molecule has 2 rings (SSSR count). The summed E-state index contributed by atoms with van der Waals surface area (Å²) in [5.41, 5.74) is 8.73. The van der Waals surface area contributed by atoms with Crippen molar-refractivity contribution in [2.24, 2.45) is 5.73 Å². The van der Waals surface area contributed by atoms with Crippen molar-refractivity contribution in [1.82, 2.24) is 10.4 Å². The van der Waals surface area contributed by atoms with Crippen LogP contribution in [-0.4, -0.2) is 34.1 Å². The van der Waals surface area contributed by atoms with Crippen LogP contribution < -0.4 is 16.2 Å². The highest BCUT2D eigenvalue weighted by atomic mass is 16.3. The molecule has 0 saturated carbocycles. The molecule has 1 fully saturated rings. The Hall–Kier alpha value is -1.99. The molecule has 7 heteroatoms. The van der Waals surface area contributed by atoms with Crippen LogP contribution in [0.4, 0.5) is 5.69 Å². The molecule has 1 aliphatic rings. The molecule has 1 aliphatic heterocycles. The SMILES string of the molecule is CC(O)CCC1NN(c2ccnc(C(N)=O)c2)C1=O. The summed E-state index contributed by atoms with van der Waals surface area (Å²) in [4.78, 5) is 26.7. The number of aliphatic hydroxyl groups excluding tert-OH is 1. The Morgan fingerprint density at radius 3 is 3.00 bits per heavy atom. The standard InChI is InChI=1S/C12H16N4O3/c1-7(17)2-3-9-12(19)16(15-9)8-4-5-14-10(6-8)11(13)18/h4-7,9,15,17H,2-3H2,1H3,(H2,13,18). The predicted molar refractivity (Wildman–Crippen MR) is 68.1 cm³/mol. The maximum atomic E-state index is 11.9. The third kappa shape index (κ3) is 2.88. The minimum atomic E-state index is -0.638. The molecule has 0 radical (unpaired) electrons. The normalized spacial score (nSPS) is 20.0. The summed E-state index contributed by atoms with van der Waals surface area (Å²) in [6.45, 7) is 1.68. The topological polar surface area (TPSA) is 109 Å². The first-order valence-corrected chi connectivity index (χ1v) is 6.03. The third-order valence-electron chi connectivity index (χ3n) is 2.93. The molecule has 2 atom stereocenters. The number of carbonyl (C=O) groups excluding carboxylic acids is 2. The van der Waals surface area contributed by atoms with E-state index in [4.69, 9.17) is 5.73 Å². The van der Waals surface area contributed by atoms with E-state index in [1.54, 1.807) is 13.0 Å². The number of rotatable bonds is 5. The van der Waals surface area contributed by atoms with Crippen molar-refractivity contribution in [3.8, 4) is 0 Å². The molecule has 1 saturated heterocycles. The lowest BCUT2D eigenvalue weighted by atomic mass is 10.1. The van der Waals surface area contributed by atoms with Crippen molar-refractivity contribution < 1.29 is 14.7 Å². The average molecular weight is 264 g/mol. The highest BCUT2D eigenvalue weighted by Gasteiger charge is 2.37. The Bertz CT molecular complexity index is 504. The van der Waals surface area contributed by atoms with Crippen LogP contribution in [0.3, 0.4) is 0 Å². The fourth-order valence-electron chi connectivity index (χ4n) is 1.86. The average Bonchev–Trinajstić information content (AvgIpc) is 2.37. The van der Waals surface area contributed by atoms with Crippen LogP contribution in [0.1, 0.15) is 30.3 Å². The summed E-state index contributed by atoms with van der Waals surface area (Å²) in [5, 5.41) is 10.5. The van der Waals surface area contributed by atoms with E-state index in [0.717, 1.165) is 0 Å². The molecule has 0 aromatic carbocycles. The number of hydrazine groups is 1. The predicted octanol–water partition coefficient (Wildman–Crippen LogP) is -0.439. The van der Waals surface area contributed by atoms with Gasteiger partial charge < -0.3 is 10.8 Å². The van der Waals surface area contributed by atoms with Crippen LogP contribution in [0.15, 0.2) is 18.3 Å². The van der Waals surface area contributed by atoms with Crippen molar-refractivity contribution in [2.75, 3.05) is 5.01 Å². The van der Waals surface area contributed by atoms with Gasteiger partial charge in [0.2, 0.25) is 0 Å². The molecule has 7 nitrogen and oxygen atoms in total. The van der Waals surface area contributed by atoms with E-state index in [9.17, 15) is 14.7 Å². The van der Waals surface area contributed by atoms with E-state index in [-0.39, 0.29) is 17.6 Å². The van der Waals surface area contributed by atoms with E-state index in [1.165, 1.54) is 17.3 Å². The molecule has 19 heavy (non-hydrogen) atoms. The summed E-state index contributed by atoms with van der Waals surface area (Å²) < 4.78 is 0. The second-order valence-electron chi connectivity index (χ2n) is 4.55. The van der Waals surface area contributed by atoms with Gasteiger partial charge in [-0.15, -0.1) is 0 Å². The lowest BCUT2D eigenvalue weighted by molar-refractivity contribution is -0.127. The van der Waals surface area contributed by atoms with E-state index in [0.29, 0.717) is 18.5 Å². The zero-order chi connectivity index (χ0) is 14.0. The molecule has 4 N–H and O–H groups in total. The first-order valence-electron chi connectivity index (χ1n) is 6.03. The summed E-state index contributed by atoms with van der Waals surface area (Å²) in [7, 11) is 0.